The van der Waals surface area contributed by atoms with Crippen molar-refractivity contribution in [2.75, 3.05) is 39.7 Å². The van der Waals surface area contributed by atoms with Crippen LogP contribution in [0.15, 0.2) is 45.2 Å². The Bertz CT molecular complexity index is 1500. The lowest BCUT2D eigenvalue weighted by Gasteiger charge is -2.17. The minimum Gasteiger partial charge on any atom is -0.491 e. The fourth-order valence-corrected chi connectivity index (χ4v) is 4.21. The summed E-state index contributed by atoms with van der Waals surface area (Å²) in [5.74, 6) is 5.19. The van der Waals surface area contributed by atoms with E-state index in [1.807, 2.05) is 0 Å². The Kier molecular flexibility index (Phi) is 11.3. The number of carbonyl (C=O) groups excluding carboxylic acids is 1. The fourth-order valence-electron chi connectivity index (χ4n) is 3.70. The standard InChI is InChI=1S/C25H31N6O9P/c1-4-37-21(29-30-26)15-38-18-9-5-7-16(11-18)23(33)27-10-6-8-17-13-31(25(35)28-24(17)34)22-12-19(32)20(40-22)14-39-41(2,3)36/h5,7,9,11,13,19-22,32H,4,10,12,14-15H2,1-3H3,(H,27,33)(H,28,34,35). The third-order valence-electron chi connectivity index (χ3n) is 5.62. The third-order valence-corrected chi connectivity index (χ3v) is 6.39. The van der Waals surface area contributed by atoms with E-state index in [9.17, 15) is 24.1 Å². The van der Waals surface area contributed by atoms with Crippen LogP contribution in [0, 0.1) is 11.8 Å². The highest BCUT2D eigenvalue weighted by atomic mass is 31.2. The van der Waals surface area contributed by atoms with E-state index in [-0.39, 0.29) is 37.3 Å². The molecule has 1 aliphatic heterocycles. The molecule has 3 N–H and O–H groups in total. The van der Waals surface area contributed by atoms with Gasteiger partial charge in [-0.3, -0.25) is 23.7 Å². The van der Waals surface area contributed by atoms with Crippen molar-refractivity contribution >= 4 is 13.3 Å². The highest BCUT2D eigenvalue weighted by Crippen LogP contribution is 2.39. The summed E-state index contributed by atoms with van der Waals surface area (Å²) in [7, 11) is -2.80. The molecule has 16 heteroatoms. The summed E-state index contributed by atoms with van der Waals surface area (Å²) in [5.41, 5.74) is 7.35. The van der Waals surface area contributed by atoms with E-state index in [0.717, 1.165) is 4.57 Å². The van der Waals surface area contributed by atoms with Crippen LogP contribution in [-0.2, 0) is 18.6 Å². The van der Waals surface area contributed by atoms with Crippen molar-refractivity contribution < 1.29 is 33.2 Å². The maximum absolute atomic E-state index is 12.6. The number of amides is 1. The molecule has 1 saturated heterocycles. The Balaban J connectivity index is 1.61. The number of carbonyl (C=O) groups is 1. The van der Waals surface area contributed by atoms with Gasteiger partial charge in [-0.15, -0.1) is 0 Å². The number of aromatic nitrogens is 2. The van der Waals surface area contributed by atoms with Gasteiger partial charge in [0, 0.05) is 43.0 Å². The monoisotopic (exact) mass is 590 g/mol. The smallest absolute Gasteiger partial charge is 0.330 e. The molecular formula is C25H31N6O9P. The van der Waals surface area contributed by atoms with E-state index in [1.165, 1.54) is 25.6 Å². The van der Waals surface area contributed by atoms with Crippen molar-refractivity contribution in [3.8, 4) is 17.6 Å². The molecule has 4 atom stereocenters. The summed E-state index contributed by atoms with van der Waals surface area (Å²) >= 11 is 0. The van der Waals surface area contributed by atoms with Gasteiger partial charge < -0.3 is 29.2 Å². The number of nitrogens with zero attached hydrogens (tertiary/aromatic N) is 4. The molecule has 0 spiro atoms. The number of ether oxygens (including phenoxy) is 3. The van der Waals surface area contributed by atoms with Gasteiger partial charge in [0.25, 0.3) is 11.5 Å². The van der Waals surface area contributed by atoms with E-state index in [1.54, 1.807) is 25.1 Å². The fraction of sp³-hybridized carbons (Fsp3) is 0.480. The predicted molar refractivity (Wildman–Crippen MR) is 147 cm³/mol. The molecule has 0 bridgehead atoms. The number of hydrogen-bond acceptors (Lipinski definition) is 10. The van der Waals surface area contributed by atoms with Crippen LogP contribution in [0.25, 0.3) is 10.4 Å². The average molecular weight is 591 g/mol. The number of aliphatic hydroxyl groups excluding tert-OH is 1. The van der Waals surface area contributed by atoms with Crippen LogP contribution in [0.1, 0.15) is 35.5 Å². The van der Waals surface area contributed by atoms with Gasteiger partial charge in [0.1, 0.15) is 30.3 Å². The molecule has 1 aliphatic rings. The molecule has 1 aromatic carbocycles. The van der Waals surface area contributed by atoms with Gasteiger partial charge in [-0.05, 0) is 30.7 Å². The summed E-state index contributed by atoms with van der Waals surface area (Å²) in [4.78, 5) is 42.1. The highest BCUT2D eigenvalue weighted by Gasteiger charge is 2.36. The zero-order valence-corrected chi connectivity index (χ0v) is 23.6. The number of azide groups is 1. The second-order valence-electron chi connectivity index (χ2n) is 9.13. The lowest BCUT2D eigenvalue weighted by Crippen LogP contribution is -2.33. The van der Waals surface area contributed by atoms with E-state index >= 15 is 0 Å². The molecule has 2 heterocycles. The minimum atomic E-state index is -2.80. The Hall–Kier alpha value is -3.89. The van der Waals surface area contributed by atoms with Crippen LogP contribution >= 0.6 is 7.37 Å². The summed E-state index contributed by atoms with van der Waals surface area (Å²) in [6.45, 7) is 4.69. The average Bonchev–Trinajstić information content (AvgIpc) is 3.29. The number of aromatic amines is 1. The van der Waals surface area contributed by atoms with Gasteiger partial charge in [-0.25, -0.2) is 4.79 Å². The molecule has 0 aliphatic carbocycles. The van der Waals surface area contributed by atoms with Crippen molar-refractivity contribution in [1.29, 1.82) is 0 Å². The first-order valence-corrected chi connectivity index (χ1v) is 15.1. The quantitative estimate of drug-likeness (QED) is 0.108. The molecule has 1 aromatic heterocycles. The first-order valence-electron chi connectivity index (χ1n) is 12.5. The predicted octanol–water partition coefficient (Wildman–Crippen LogP) is 1.57. The topological polar surface area (TPSA) is 207 Å². The zero-order chi connectivity index (χ0) is 30.0. The van der Waals surface area contributed by atoms with Crippen LogP contribution < -0.4 is 21.3 Å². The van der Waals surface area contributed by atoms with Crippen LogP contribution in [-0.4, -0.2) is 78.7 Å². The number of nitrogens with one attached hydrogen (secondary N) is 2. The minimum absolute atomic E-state index is 0.0377. The highest BCUT2D eigenvalue weighted by molar-refractivity contribution is 7.57. The van der Waals surface area contributed by atoms with Crippen LogP contribution in [0.2, 0.25) is 0 Å². The number of hydrogen-bond donors (Lipinski definition) is 3. The Morgan fingerprint density at radius 1 is 1.41 bits per heavy atom. The van der Waals surface area contributed by atoms with Crippen LogP contribution in [0.3, 0.4) is 0 Å². The molecule has 3 rings (SSSR count). The van der Waals surface area contributed by atoms with Crippen molar-refractivity contribution in [2.45, 2.75) is 38.0 Å². The van der Waals surface area contributed by atoms with Crippen LogP contribution in [0.5, 0.6) is 5.75 Å². The van der Waals surface area contributed by atoms with Gasteiger partial charge in [-0.2, -0.15) is 0 Å². The largest absolute Gasteiger partial charge is 0.491 e. The molecule has 41 heavy (non-hydrogen) atoms. The van der Waals surface area contributed by atoms with Gasteiger partial charge >= 0.3 is 5.69 Å². The molecule has 0 saturated carbocycles. The Morgan fingerprint density at radius 2 is 2.20 bits per heavy atom. The molecular weight excluding hydrogens is 559 g/mol. The van der Waals surface area contributed by atoms with Gasteiger partial charge in [-0.1, -0.05) is 23.0 Å². The first-order chi connectivity index (χ1) is 19.5. The van der Waals surface area contributed by atoms with Crippen molar-refractivity contribution in [3.05, 3.63) is 72.9 Å². The van der Waals surface area contributed by atoms with Gasteiger partial charge in [0.15, 0.2) is 13.6 Å². The molecule has 1 amide bonds. The summed E-state index contributed by atoms with van der Waals surface area (Å²) in [6.07, 6.45) is -2.24. The molecule has 15 nitrogen and oxygen atoms in total. The lowest BCUT2D eigenvalue weighted by atomic mass is 10.2. The first kappa shape index (κ1) is 31.6. The van der Waals surface area contributed by atoms with E-state index < -0.39 is 49.2 Å². The number of benzene rings is 1. The summed E-state index contributed by atoms with van der Waals surface area (Å²) < 4.78 is 34.7. The molecule has 1 fully saturated rings. The van der Waals surface area contributed by atoms with Gasteiger partial charge in [0.2, 0.25) is 0 Å². The van der Waals surface area contributed by atoms with Crippen molar-refractivity contribution in [3.63, 3.8) is 0 Å². The van der Waals surface area contributed by atoms with Crippen molar-refractivity contribution in [1.82, 2.24) is 14.9 Å². The van der Waals surface area contributed by atoms with Crippen molar-refractivity contribution in [2.24, 2.45) is 5.11 Å². The van der Waals surface area contributed by atoms with E-state index in [0.29, 0.717) is 12.4 Å². The number of H-pyrrole nitrogens is 1. The second kappa shape index (κ2) is 14.7. The maximum Gasteiger partial charge on any atom is 0.330 e. The number of rotatable bonds is 12. The van der Waals surface area contributed by atoms with Gasteiger partial charge in [0.05, 0.1) is 19.3 Å². The second-order valence-corrected chi connectivity index (χ2v) is 11.9. The normalized spacial score (nSPS) is 19.0. The number of aliphatic hydroxyl groups is 1. The third kappa shape index (κ3) is 9.61. The Morgan fingerprint density at radius 3 is 2.90 bits per heavy atom. The Labute approximate surface area is 234 Å². The summed E-state index contributed by atoms with van der Waals surface area (Å²) in [5, 5.41) is 16.4. The molecule has 2 aromatic rings. The zero-order valence-electron chi connectivity index (χ0n) is 22.7. The molecule has 4 unspecified atom stereocenters. The summed E-state index contributed by atoms with van der Waals surface area (Å²) in [6, 6.07) is 6.31. The maximum atomic E-state index is 12.6. The molecule has 0 radical (unpaired) electrons. The lowest BCUT2D eigenvalue weighted by molar-refractivity contribution is -0.0403. The van der Waals surface area contributed by atoms with E-state index in [2.05, 4.69) is 32.2 Å². The SMILES string of the molecule is CCOC(COc1cccc(C(=O)NCC#Cc2cn(C3CC(O)C(COP(C)(C)=O)O3)c(=O)[nH]c2=O)c1)N=[N+]=[N-]. The van der Waals surface area contributed by atoms with E-state index in [4.69, 9.17) is 24.3 Å². The van der Waals surface area contributed by atoms with Crippen LogP contribution in [0.4, 0.5) is 0 Å². The molecule has 220 valence electrons.